The number of rotatable bonds is 6. The zero-order valence-electron chi connectivity index (χ0n) is 18.0. The second kappa shape index (κ2) is 9.23. The summed E-state index contributed by atoms with van der Waals surface area (Å²) in [5, 5.41) is 15.5. The molecule has 1 aliphatic rings. The number of pyridine rings is 1. The summed E-state index contributed by atoms with van der Waals surface area (Å²) < 4.78 is 7.07. The maximum absolute atomic E-state index is 13.4. The quantitative estimate of drug-likeness (QED) is 0.586. The second-order valence-corrected chi connectivity index (χ2v) is 8.91. The Balaban J connectivity index is 1.48. The SMILES string of the molecule is Cc1noc(C)c1CSc1ncccc1C(=O)N1CCC[C@@H]([C@H](O)c2nccn2C)C1. The van der Waals surface area contributed by atoms with Gasteiger partial charge in [-0.1, -0.05) is 5.16 Å². The lowest BCUT2D eigenvalue weighted by Crippen LogP contribution is -2.42. The molecule has 0 aromatic carbocycles. The van der Waals surface area contributed by atoms with E-state index in [2.05, 4.69) is 15.1 Å². The molecule has 4 rings (SSSR count). The van der Waals surface area contributed by atoms with E-state index in [-0.39, 0.29) is 11.8 Å². The third-order valence-corrected chi connectivity index (χ3v) is 6.88. The zero-order valence-corrected chi connectivity index (χ0v) is 18.8. The van der Waals surface area contributed by atoms with E-state index in [1.165, 1.54) is 11.8 Å². The minimum absolute atomic E-state index is 0.0473. The van der Waals surface area contributed by atoms with E-state index < -0.39 is 6.10 Å². The number of carbonyl (C=O) groups is 1. The molecule has 3 aromatic heterocycles. The molecule has 0 bridgehead atoms. The van der Waals surface area contributed by atoms with Crippen LogP contribution in [0.5, 0.6) is 0 Å². The third kappa shape index (κ3) is 4.52. The number of hydrogen-bond donors (Lipinski definition) is 1. The van der Waals surface area contributed by atoms with Crippen LogP contribution in [-0.4, -0.2) is 48.7 Å². The molecule has 1 saturated heterocycles. The first-order chi connectivity index (χ1) is 15.0. The van der Waals surface area contributed by atoms with Crippen molar-refractivity contribution < 1.29 is 14.4 Å². The first-order valence-corrected chi connectivity index (χ1v) is 11.4. The predicted octanol–water partition coefficient (Wildman–Crippen LogP) is 3.30. The maximum Gasteiger partial charge on any atom is 0.256 e. The number of thioether (sulfide) groups is 1. The molecule has 31 heavy (non-hydrogen) atoms. The molecule has 1 fully saturated rings. The Bertz CT molecular complexity index is 1040. The minimum atomic E-state index is -0.696. The van der Waals surface area contributed by atoms with Crippen molar-refractivity contribution in [1.82, 2.24) is 24.6 Å². The van der Waals surface area contributed by atoms with Gasteiger partial charge in [0.1, 0.15) is 22.7 Å². The van der Waals surface area contributed by atoms with Crippen LogP contribution in [0, 0.1) is 19.8 Å². The van der Waals surface area contributed by atoms with Crippen LogP contribution in [0.3, 0.4) is 0 Å². The highest BCUT2D eigenvalue weighted by Gasteiger charge is 2.32. The topological polar surface area (TPSA) is 97.3 Å². The minimum Gasteiger partial charge on any atom is -0.385 e. The van der Waals surface area contributed by atoms with Gasteiger partial charge in [-0.05, 0) is 38.8 Å². The number of carbonyl (C=O) groups excluding carboxylic acids is 1. The number of aromatic nitrogens is 4. The van der Waals surface area contributed by atoms with Crippen molar-refractivity contribution in [3.05, 3.63) is 59.1 Å². The Kier molecular flexibility index (Phi) is 6.43. The van der Waals surface area contributed by atoms with Gasteiger partial charge in [-0.3, -0.25) is 4.79 Å². The molecule has 0 saturated carbocycles. The molecule has 0 aliphatic carbocycles. The summed E-state index contributed by atoms with van der Waals surface area (Å²) in [4.78, 5) is 23.9. The fraction of sp³-hybridized carbons (Fsp3) is 0.455. The van der Waals surface area contributed by atoms with Crippen LogP contribution in [0.25, 0.3) is 0 Å². The van der Waals surface area contributed by atoms with Crippen LogP contribution in [-0.2, 0) is 12.8 Å². The van der Waals surface area contributed by atoms with Gasteiger partial charge in [0, 0.05) is 56.0 Å². The van der Waals surface area contributed by atoms with E-state index >= 15 is 0 Å². The lowest BCUT2D eigenvalue weighted by atomic mass is 9.91. The standard InChI is InChI=1S/C22H27N5O3S/c1-14-18(15(2)30-25-14)13-31-21-17(7-4-8-24-21)22(29)27-10-5-6-16(12-27)19(28)20-23-9-11-26(20)3/h4,7-9,11,16,19,28H,5-6,10,12-13H2,1-3H3/t16-,19+/m1/s1. The van der Waals surface area contributed by atoms with Crippen LogP contribution >= 0.6 is 11.8 Å². The number of imidazole rings is 1. The number of hydrogen-bond acceptors (Lipinski definition) is 7. The van der Waals surface area contributed by atoms with E-state index in [1.54, 1.807) is 18.5 Å². The van der Waals surface area contributed by atoms with Crippen LogP contribution in [0.15, 0.2) is 40.3 Å². The maximum atomic E-state index is 13.4. The highest BCUT2D eigenvalue weighted by molar-refractivity contribution is 7.98. The van der Waals surface area contributed by atoms with Crippen molar-refractivity contribution >= 4 is 17.7 Å². The van der Waals surface area contributed by atoms with Gasteiger partial charge in [-0.15, -0.1) is 11.8 Å². The Morgan fingerprint density at radius 3 is 2.90 bits per heavy atom. The number of aliphatic hydroxyl groups is 1. The molecule has 1 amide bonds. The predicted molar refractivity (Wildman–Crippen MR) is 117 cm³/mol. The van der Waals surface area contributed by atoms with Crippen molar-refractivity contribution in [1.29, 1.82) is 0 Å². The van der Waals surface area contributed by atoms with Crippen LogP contribution in [0.2, 0.25) is 0 Å². The van der Waals surface area contributed by atoms with E-state index in [0.717, 1.165) is 29.9 Å². The van der Waals surface area contributed by atoms with Crippen molar-refractivity contribution in [2.75, 3.05) is 13.1 Å². The van der Waals surface area contributed by atoms with Crippen LogP contribution in [0.1, 0.15) is 52.1 Å². The summed E-state index contributed by atoms with van der Waals surface area (Å²) in [6, 6.07) is 3.61. The molecule has 164 valence electrons. The van der Waals surface area contributed by atoms with Gasteiger partial charge in [0.2, 0.25) is 0 Å². The smallest absolute Gasteiger partial charge is 0.256 e. The molecule has 0 spiro atoms. The van der Waals surface area contributed by atoms with Crippen molar-refractivity contribution in [3.8, 4) is 0 Å². The molecule has 0 radical (unpaired) electrons. The molecule has 2 atom stereocenters. The van der Waals surface area contributed by atoms with Gasteiger partial charge in [0.25, 0.3) is 5.91 Å². The Morgan fingerprint density at radius 2 is 2.19 bits per heavy atom. The van der Waals surface area contributed by atoms with E-state index in [0.29, 0.717) is 35.3 Å². The highest BCUT2D eigenvalue weighted by Crippen LogP contribution is 2.32. The molecule has 3 aromatic rings. The van der Waals surface area contributed by atoms with E-state index in [4.69, 9.17) is 4.52 Å². The summed E-state index contributed by atoms with van der Waals surface area (Å²) in [5.41, 5.74) is 2.48. The average Bonchev–Trinajstić information content (AvgIpc) is 3.36. The molecule has 4 heterocycles. The Labute approximate surface area is 185 Å². The van der Waals surface area contributed by atoms with E-state index in [9.17, 15) is 9.90 Å². The van der Waals surface area contributed by atoms with Gasteiger partial charge < -0.3 is 19.1 Å². The summed E-state index contributed by atoms with van der Waals surface area (Å²) in [5.74, 6) is 1.96. The first-order valence-electron chi connectivity index (χ1n) is 10.4. The number of aliphatic hydroxyl groups excluding tert-OH is 1. The molecular weight excluding hydrogens is 414 g/mol. The zero-order chi connectivity index (χ0) is 22.0. The molecule has 1 N–H and O–H groups in total. The first kappa shape index (κ1) is 21.6. The summed E-state index contributed by atoms with van der Waals surface area (Å²) in [6.07, 6.45) is 6.22. The number of aryl methyl sites for hydroxylation is 3. The number of piperidine rings is 1. The van der Waals surface area contributed by atoms with Gasteiger partial charge >= 0.3 is 0 Å². The molecule has 0 unspecified atom stereocenters. The normalized spacial score (nSPS) is 17.7. The summed E-state index contributed by atoms with van der Waals surface area (Å²) >= 11 is 1.51. The molecule has 8 nitrogen and oxygen atoms in total. The van der Waals surface area contributed by atoms with Gasteiger partial charge in [0.05, 0.1) is 11.3 Å². The van der Waals surface area contributed by atoms with Gasteiger partial charge in [0.15, 0.2) is 0 Å². The van der Waals surface area contributed by atoms with Gasteiger partial charge in [-0.2, -0.15) is 0 Å². The number of amides is 1. The molecule has 1 aliphatic heterocycles. The Hall–Kier alpha value is -2.65. The van der Waals surface area contributed by atoms with Gasteiger partial charge in [-0.25, -0.2) is 9.97 Å². The Morgan fingerprint density at radius 1 is 1.35 bits per heavy atom. The average molecular weight is 442 g/mol. The van der Waals surface area contributed by atoms with Crippen molar-refractivity contribution in [2.45, 2.75) is 43.6 Å². The number of nitrogens with zero attached hydrogens (tertiary/aromatic N) is 5. The van der Waals surface area contributed by atoms with Crippen molar-refractivity contribution in [3.63, 3.8) is 0 Å². The van der Waals surface area contributed by atoms with E-state index in [1.807, 2.05) is 42.6 Å². The van der Waals surface area contributed by atoms with Crippen molar-refractivity contribution in [2.24, 2.45) is 13.0 Å². The lowest BCUT2D eigenvalue weighted by Gasteiger charge is -2.35. The fourth-order valence-corrected chi connectivity index (χ4v) is 5.15. The largest absolute Gasteiger partial charge is 0.385 e. The number of likely N-dealkylation sites (tertiary alicyclic amines) is 1. The third-order valence-electron chi connectivity index (χ3n) is 5.85. The highest BCUT2D eigenvalue weighted by atomic mass is 32.2. The summed E-state index contributed by atoms with van der Waals surface area (Å²) in [6.45, 7) is 4.97. The summed E-state index contributed by atoms with van der Waals surface area (Å²) in [7, 11) is 1.87. The van der Waals surface area contributed by atoms with Crippen LogP contribution in [0.4, 0.5) is 0 Å². The van der Waals surface area contributed by atoms with Crippen LogP contribution < -0.4 is 0 Å². The molecule has 9 heteroatoms. The fourth-order valence-electron chi connectivity index (χ4n) is 4.01. The lowest BCUT2D eigenvalue weighted by molar-refractivity contribution is 0.0356. The molecular formula is C22H27N5O3S. The monoisotopic (exact) mass is 441 g/mol. The second-order valence-electron chi connectivity index (χ2n) is 7.94.